The van der Waals surface area contributed by atoms with Crippen molar-refractivity contribution in [1.82, 2.24) is 0 Å². The predicted octanol–water partition coefficient (Wildman–Crippen LogP) is 3.31. The van der Waals surface area contributed by atoms with Crippen molar-refractivity contribution < 1.29 is 29.2 Å². The van der Waals surface area contributed by atoms with E-state index in [1.165, 1.54) is 19.3 Å². The van der Waals surface area contributed by atoms with E-state index >= 15 is 0 Å². The van der Waals surface area contributed by atoms with Gasteiger partial charge >= 0.3 is 5.97 Å². The first-order valence-corrected chi connectivity index (χ1v) is 10.1. The molecule has 0 amide bonds. The topological polar surface area (TPSA) is 85.2 Å². The molecule has 0 saturated carbocycles. The molecule has 0 aromatic rings. The maximum Gasteiger partial charge on any atom is 0.378 e. The molecule has 0 radical (unpaired) electrons. The Morgan fingerprint density at radius 1 is 1.04 bits per heavy atom. The van der Waals surface area contributed by atoms with Crippen molar-refractivity contribution in [2.75, 3.05) is 19.8 Å². The molecule has 0 aliphatic carbocycles. The van der Waals surface area contributed by atoms with Gasteiger partial charge in [0, 0.05) is 0 Å². The molecule has 0 fully saturated rings. The maximum atomic E-state index is 12.1. The molecule has 1 rings (SSSR count). The van der Waals surface area contributed by atoms with E-state index in [4.69, 9.17) is 14.2 Å². The van der Waals surface area contributed by atoms with Crippen LogP contribution < -0.4 is 0 Å². The van der Waals surface area contributed by atoms with E-state index in [0.717, 1.165) is 32.1 Å². The number of hydrogen-bond donors (Lipinski definition) is 2. The Morgan fingerprint density at radius 2 is 1.69 bits per heavy atom. The zero-order valence-corrected chi connectivity index (χ0v) is 16.5. The van der Waals surface area contributed by atoms with Gasteiger partial charge in [0.1, 0.15) is 6.10 Å². The van der Waals surface area contributed by atoms with Crippen LogP contribution in [0.5, 0.6) is 0 Å². The fourth-order valence-corrected chi connectivity index (χ4v) is 2.87. The van der Waals surface area contributed by atoms with Gasteiger partial charge in [-0.3, -0.25) is 0 Å². The van der Waals surface area contributed by atoms with Gasteiger partial charge in [-0.15, -0.1) is 0 Å². The van der Waals surface area contributed by atoms with Crippen molar-refractivity contribution in [2.24, 2.45) is 5.92 Å². The van der Waals surface area contributed by atoms with Crippen molar-refractivity contribution in [2.45, 2.75) is 84.3 Å². The van der Waals surface area contributed by atoms with Crippen molar-refractivity contribution in [3.63, 3.8) is 0 Å². The molecule has 0 bridgehead atoms. The van der Waals surface area contributed by atoms with E-state index in [9.17, 15) is 15.0 Å². The monoisotopic (exact) mass is 372 g/mol. The molecule has 0 unspecified atom stereocenters. The van der Waals surface area contributed by atoms with Crippen LogP contribution >= 0.6 is 0 Å². The van der Waals surface area contributed by atoms with Gasteiger partial charge in [0.15, 0.2) is 11.9 Å². The third-order valence-corrected chi connectivity index (χ3v) is 4.81. The average Bonchev–Trinajstić information content (AvgIpc) is 2.97. The van der Waals surface area contributed by atoms with Crippen molar-refractivity contribution in [1.29, 1.82) is 0 Å². The van der Waals surface area contributed by atoms with Crippen LogP contribution in [0.15, 0.2) is 11.5 Å². The molecule has 1 heterocycles. The van der Waals surface area contributed by atoms with Gasteiger partial charge in [-0.25, -0.2) is 4.79 Å². The Kier molecular flexibility index (Phi) is 11.4. The molecule has 0 aromatic heterocycles. The number of esters is 1. The minimum Gasteiger partial charge on any atom is -0.490 e. The number of unbranched alkanes of at least 4 members (excludes halogenated alkanes) is 5. The summed E-state index contributed by atoms with van der Waals surface area (Å²) >= 11 is 0. The summed E-state index contributed by atoms with van der Waals surface area (Å²) in [4.78, 5) is 12.1. The summed E-state index contributed by atoms with van der Waals surface area (Å²) < 4.78 is 16.6. The molecule has 0 aromatic carbocycles. The summed E-state index contributed by atoms with van der Waals surface area (Å²) in [6.45, 7) is 6.67. The highest BCUT2D eigenvalue weighted by Gasteiger charge is 2.42. The first-order valence-electron chi connectivity index (χ1n) is 10.1. The van der Waals surface area contributed by atoms with E-state index in [1.54, 1.807) is 0 Å². The highest BCUT2D eigenvalue weighted by atomic mass is 16.6. The Hall–Kier alpha value is -1.27. The molecular weight excluding hydrogens is 336 g/mol. The van der Waals surface area contributed by atoms with Gasteiger partial charge in [0.25, 0.3) is 0 Å². The largest absolute Gasteiger partial charge is 0.490 e. The number of hydrogen-bond acceptors (Lipinski definition) is 6. The quantitative estimate of drug-likeness (QED) is 0.339. The number of cyclic esters (lactones) is 1. The van der Waals surface area contributed by atoms with E-state index in [1.807, 2.05) is 0 Å². The second-order valence-corrected chi connectivity index (χ2v) is 6.88. The molecule has 26 heavy (non-hydrogen) atoms. The smallest absolute Gasteiger partial charge is 0.378 e. The van der Waals surface area contributed by atoms with Crippen LogP contribution in [0, 0.1) is 5.92 Å². The Balaban J connectivity index is 2.65. The lowest BCUT2D eigenvalue weighted by atomic mass is 10.1. The van der Waals surface area contributed by atoms with Crippen molar-refractivity contribution in [3.05, 3.63) is 11.5 Å². The molecule has 1 aliphatic heterocycles. The molecule has 1 aliphatic rings. The first-order chi connectivity index (χ1) is 12.6. The molecule has 0 spiro atoms. The number of carbonyl (C=O) groups excluding carboxylic acids is 1. The number of aliphatic hydroxyl groups excluding tert-OH is 2. The lowest BCUT2D eigenvalue weighted by Gasteiger charge is -2.20. The second-order valence-electron chi connectivity index (χ2n) is 6.88. The lowest BCUT2D eigenvalue weighted by molar-refractivity contribution is -0.148. The molecule has 0 saturated heterocycles. The van der Waals surface area contributed by atoms with Crippen molar-refractivity contribution in [3.8, 4) is 0 Å². The number of carbonyl (C=O) groups is 1. The standard InChI is InChI=1S/C20H36O6/c1-4-7-8-9-10-11-12-24-19-18(25-14-15(5-2)6-3)17(16(22)13-21)26-20(19)23/h15-17,21-22H,4-14H2,1-3H3/t16-,17+/m0/s1. The predicted molar refractivity (Wildman–Crippen MR) is 99.4 cm³/mol. The lowest BCUT2D eigenvalue weighted by Crippen LogP contribution is -2.32. The van der Waals surface area contributed by atoms with Crippen LogP contribution in [0.2, 0.25) is 0 Å². The molecule has 6 heteroatoms. The highest BCUT2D eigenvalue weighted by molar-refractivity contribution is 5.89. The molecule has 2 N–H and O–H groups in total. The van der Waals surface area contributed by atoms with E-state index in [-0.39, 0.29) is 11.5 Å². The van der Waals surface area contributed by atoms with Crippen LogP contribution in [0.3, 0.4) is 0 Å². The summed E-state index contributed by atoms with van der Waals surface area (Å²) in [5.74, 6) is -0.0191. The minimum atomic E-state index is -1.22. The van der Waals surface area contributed by atoms with E-state index < -0.39 is 24.8 Å². The number of rotatable bonds is 15. The third-order valence-electron chi connectivity index (χ3n) is 4.81. The van der Waals surface area contributed by atoms with Crippen LogP contribution in [0.25, 0.3) is 0 Å². The van der Waals surface area contributed by atoms with E-state index in [0.29, 0.717) is 19.1 Å². The van der Waals surface area contributed by atoms with Gasteiger partial charge in [-0.1, -0.05) is 65.7 Å². The Bertz CT molecular complexity index is 430. The molecule has 6 nitrogen and oxygen atoms in total. The molecule has 152 valence electrons. The Labute approximate surface area is 157 Å². The van der Waals surface area contributed by atoms with Gasteiger partial charge in [0.05, 0.1) is 19.8 Å². The SMILES string of the molecule is CCCCCCCCOC1=C(OCC(CC)CC)[C@@H]([C@@H](O)CO)OC1=O. The number of aliphatic hydroxyl groups is 2. The van der Waals surface area contributed by atoms with Crippen LogP contribution in [0.4, 0.5) is 0 Å². The van der Waals surface area contributed by atoms with Crippen LogP contribution in [-0.2, 0) is 19.0 Å². The zero-order valence-electron chi connectivity index (χ0n) is 16.5. The normalized spacial score (nSPS) is 18.4. The molecular formula is C20H36O6. The second kappa shape index (κ2) is 13.0. The van der Waals surface area contributed by atoms with Gasteiger partial charge in [-0.05, 0) is 12.3 Å². The van der Waals surface area contributed by atoms with Crippen LogP contribution in [-0.4, -0.2) is 48.2 Å². The fourth-order valence-electron chi connectivity index (χ4n) is 2.87. The van der Waals surface area contributed by atoms with Crippen molar-refractivity contribution >= 4 is 5.97 Å². The summed E-state index contributed by atoms with van der Waals surface area (Å²) in [5, 5.41) is 19.2. The minimum absolute atomic E-state index is 0.0435. The third kappa shape index (κ3) is 7.16. The van der Waals surface area contributed by atoms with Gasteiger partial charge in [0.2, 0.25) is 5.76 Å². The maximum absolute atomic E-state index is 12.1. The van der Waals surface area contributed by atoms with Gasteiger partial charge < -0.3 is 24.4 Å². The number of ether oxygens (including phenoxy) is 3. The first kappa shape index (κ1) is 22.8. The van der Waals surface area contributed by atoms with Crippen LogP contribution in [0.1, 0.15) is 72.1 Å². The Morgan fingerprint density at radius 3 is 2.31 bits per heavy atom. The summed E-state index contributed by atoms with van der Waals surface area (Å²) in [6.07, 6.45) is 6.43. The molecule has 2 atom stereocenters. The summed E-state index contributed by atoms with van der Waals surface area (Å²) in [7, 11) is 0. The van der Waals surface area contributed by atoms with Gasteiger partial charge in [-0.2, -0.15) is 0 Å². The van der Waals surface area contributed by atoms with E-state index in [2.05, 4.69) is 20.8 Å². The fraction of sp³-hybridized carbons (Fsp3) is 0.850. The summed E-state index contributed by atoms with van der Waals surface area (Å²) in [5.41, 5.74) is 0. The summed E-state index contributed by atoms with van der Waals surface area (Å²) in [6, 6.07) is 0. The average molecular weight is 373 g/mol. The highest BCUT2D eigenvalue weighted by Crippen LogP contribution is 2.28. The zero-order chi connectivity index (χ0) is 19.4.